The van der Waals surface area contributed by atoms with E-state index in [0.717, 1.165) is 17.9 Å². The van der Waals surface area contributed by atoms with Crippen molar-refractivity contribution in [2.24, 2.45) is 0 Å². The molecule has 0 amide bonds. The molecule has 3 aromatic rings. The van der Waals surface area contributed by atoms with Crippen molar-refractivity contribution in [3.63, 3.8) is 0 Å². The number of ether oxygens (including phenoxy) is 1. The van der Waals surface area contributed by atoms with Gasteiger partial charge in [-0.2, -0.15) is 0 Å². The maximum absolute atomic E-state index is 6.14. The number of aryl methyl sites for hydroxylation is 1. The summed E-state index contributed by atoms with van der Waals surface area (Å²) in [6.07, 6.45) is 1.82. The highest BCUT2D eigenvalue weighted by molar-refractivity contribution is 7.80. The number of nitrogens with zero attached hydrogens (tertiary/aromatic N) is 3. The number of nitrogens with one attached hydrogen (secondary N) is 1. The van der Waals surface area contributed by atoms with Crippen LogP contribution in [0.25, 0.3) is 0 Å². The van der Waals surface area contributed by atoms with Crippen molar-refractivity contribution in [1.82, 2.24) is 14.9 Å². The summed E-state index contributed by atoms with van der Waals surface area (Å²) in [5.74, 6) is 0. The van der Waals surface area contributed by atoms with Crippen molar-refractivity contribution >= 4 is 34.6 Å². The van der Waals surface area contributed by atoms with Gasteiger partial charge in [-0.15, -0.1) is 0 Å². The average molecular weight is 441 g/mol. The molecule has 156 valence electrons. The summed E-state index contributed by atoms with van der Waals surface area (Å²) in [6.45, 7) is 5.78. The van der Waals surface area contributed by atoms with Gasteiger partial charge >= 0.3 is 0 Å². The highest BCUT2D eigenvalue weighted by Gasteiger charge is 2.42. The van der Waals surface area contributed by atoms with Gasteiger partial charge in [-0.05, 0) is 74.1 Å². The molecule has 0 unspecified atom stereocenters. The molecule has 1 aliphatic heterocycles. The summed E-state index contributed by atoms with van der Waals surface area (Å²) in [4.78, 5) is 6.80. The first kappa shape index (κ1) is 20.8. The maximum atomic E-state index is 6.14. The standard InChI is InChI=1S/C23H25ClN4OS/c1-15-14-19(16(2)27(15)12-13-29-3)22-21(20-6-4-5-11-25-20)26-23(30)28(22)18-9-7-17(24)8-10-18/h4-11,14,21-22H,12-13H2,1-3H3,(H,26,30)/t21-,22+/m1/s1. The summed E-state index contributed by atoms with van der Waals surface area (Å²) >= 11 is 11.9. The fourth-order valence-corrected chi connectivity index (χ4v) is 4.68. The van der Waals surface area contributed by atoms with Crippen LogP contribution in [0.1, 0.15) is 34.7 Å². The predicted molar refractivity (Wildman–Crippen MR) is 125 cm³/mol. The van der Waals surface area contributed by atoms with Gasteiger partial charge in [0.05, 0.1) is 24.4 Å². The topological polar surface area (TPSA) is 42.3 Å². The zero-order valence-corrected chi connectivity index (χ0v) is 18.9. The minimum Gasteiger partial charge on any atom is -0.383 e. The van der Waals surface area contributed by atoms with Crippen molar-refractivity contribution in [2.45, 2.75) is 32.5 Å². The predicted octanol–water partition coefficient (Wildman–Crippen LogP) is 4.98. The first-order valence-corrected chi connectivity index (χ1v) is 10.7. The summed E-state index contributed by atoms with van der Waals surface area (Å²) in [5.41, 5.74) is 5.60. The van der Waals surface area contributed by atoms with Gasteiger partial charge in [-0.25, -0.2) is 0 Å². The molecule has 3 heterocycles. The molecule has 1 fully saturated rings. The van der Waals surface area contributed by atoms with E-state index >= 15 is 0 Å². The van der Waals surface area contributed by atoms with Crippen LogP contribution in [-0.2, 0) is 11.3 Å². The fraction of sp³-hybridized carbons (Fsp3) is 0.304. The number of rotatable bonds is 6. The van der Waals surface area contributed by atoms with Crippen LogP contribution >= 0.6 is 23.8 Å². The van der Waals surface area contributed by atoms with Gasteiger partial charge in [0.2, 0.25) is 0 Å². The number of halogens is 1. The molecular formula is C23H25ClN4OS. The first-order valence-electron chi connectivity index (χ1n) is 9.93. The van der Waals surface area contributed by atoms with E-state index in [1.54, 1.807) is 7.11 Å². The average Bonchev–Trinajstić information content (AvgIpc) is 3.23. The zero-order chi connectivity index (χ0) is 21.3. The van der Waals surface area contributed by atoms with Gasteiger partial charge < -0.3 is 19.5 Å². The number of hydrogen-bond donors (Lipinski definition) is 1. The lowest BCUT2D eigenvalue weighted by molar-refractivity contribution is 0.186. The molecule has 2 atom stereocenters. The molecule has 5 nitrogen and oxygen atoms in total. The Morgan fingerprint density at radius 1 is 1.17 bits per heavy atom. The minimum atomic E-state index is -0.0641. The lowest BCUT2D eigenvalue weighted by Gasteiger charge is -2.28. The molecule has 1 aromatic carbocycles. The SMILES string of the molecule is COCCn1c(C)cc([C@H]2[C@@H](c3ccccn3)NC(=S)N2c2ccc(Cl)cc2)c1C. The molecule has 7 heteroatoms. The Kier molecular flexibility index (Phi) is 6.09. The summed E-state index contributed by atoms with van der Waals surface area (Å²) in [7, 11) is 1.73. The third-order valence-corrected chi connectivity index (χ3v) is 6.22. The van der Waals surface area contributed by atoms with E-state index in [0.29, 0.717) is 16.7 Å². The van der Waals surface area contributed by atoms with E-state index in [1.165, 1.54) is 17.0 Å². The van der Waals surface area contributed by atoms with E-state index < -0.39 is 0 Å². The molecular weight excluding hydrogens is 416 g/mol. The molecule has 1 N–H and O–H groups in total. The number of pyridine rings is 1. The van der Waals surface area contributed by atoms with Gasteiger partial charge in [0.25, 0.3) is 0 Å². The Bertz CT molecular complexity index is 1040. The van der Waals surface area contributed by atoms with Crippen LogP contribution in [0.2, 0.25) is 5.02 Å². The number of anilines is 1. The monoisotopic (exact) mass is 440 g/mol. The van der Waals surface area contributed by atoms with Crippen molar-refractivity contribution in [3.05, 3.63) is 82.4 Å². The Balaban J connectivity index is 1.83. The van der Waals surface area contributed by atoms with E-state index in [9.17, 15) is 0 Å². The molecule has 0 radical (unpaired) electrons. The van der Waals surface area contributed by atoms with Crippen LogP contribution < -0.4 is 10.2 Å². The Morgan fingerprint density at radius 2 is 1.93 bits per heavy atom. The van der Waals surface area contributed by atoms with Gasteiger partial charge in [-0.3, -0.25) is 4.98 Å². The normalized spacial score (nSPS) is 18.7. The van der Waals surface area contributed by atoms with Crippen LogP contribution in [0.5, 0.6) is 0 Å². The fourth-order valence-electron chi connectivity index (χ4n) is 4.20. The number of hydrogen-bond acceptors (Lipinski definition) is 3. The van der Waals surface area contributed by atoms with E-state index in [2.05, 4.69) is 39.7 Å². The van der Waals surface area contributed by atoms with Gasteiger partial charge in [0, 0.05) is 41.9 Å². The van der Waals surface area contributed by atoms with Crippen LogP contribution in [0, 0.1) is 13.8 Å². The third-order valence-electron chi connectivity index (χ3n) is 5.65. The number of methoxy groups -OCH3 is 1. The highest BCUT2D eigenvalue weighted by atomic mass is 35.5. The third kappa shape index (κ3) is 3.83. The second kappa shape index (κ2) is 8.76. The lowest BCUT2D eigenvalue weighted by Crippen LogP contribution is -2.29. The molecule has 0 saturated carbocycles. The minimum absolute atomic E-state index is 0.0314. The molecule has 0 spiro atoms. The second-order valence-corrected chi connectivity index (χ2v) is 8.27. The van der Waals surface area contributed by atoms with E-state index in [4.69, 9.17) is 28.6 Å². The maximum Gasteiger partial charge on any atom is 0.174 e. The Morgan fingerprint density at radius 3 is 2.60 bits per heavy atom. The molecule has 0 bridgehead atoms. The van der Waals surface area contributed by atoms with E-state index in [-0.39, 0.29) is 12.1 Å². The number of aromatic nitrogens is 2. The van der Waals surface area contributed by atoms with E-state index in [1.807, 2.05) is 48.7 Å². The van der Waals surface area contributed by atoms with Gasteiger partial charge in [0.15, 0.2) is 5.11 Å². The van der Waals surface area contributed by atoms with Gasteiger partial charge in [0.1, 0.15) is 0 Å². The molecule has 4 rings (SSSR count). The molecule has 30 heavy (non-hydrogen) atoms. The van der Waals surface area contributed by atoms with Crippen LogP contribution in [0.3, 0.4) is 0 Å². The highest BCUT2D eigenvalue weighted by Crippen LogP contribution is 2.43. The Hall–Kier alpha value is -2.41. The zero-order valence-electron chi connectivity index (χ0n) is 17.3. The summed E-state index contributed by atoms with van der Waals surface area (Å²) < 4.78 is 7.61. The van der Waals surface area contributed by atoms with Crippen molar-refractivity contribution in [1.29, 1.82) is 0 Å². The lowest BCUT2D eigenvalue weighted by atomic mass is 9.96. The van der Waals surface area contributed by atoms with Gasteiger partial charge in [-0.1, -0.05) is 17.7 Å². The van der Waals surface area contributed by atoms with Crippen LogP contribution in [-0.4, -0.2) is 28.4 Å². The summed E-state index contributed by atoms with van der Waals surface area (Å²) in [5, 5.41) is 4.89. The molecule has 0 aliphatic carbocycles. The molecule has 1 aliphatic rings. The number of benzene rings is 1. The summed E-state index contributed by atoms with van der Waals surface area (Å²) in [6, 6.07) is 16.0. The van der Waals surface area contributed by atoms with Crippen LogP contribution in [0.15, 0.2) is 54.7 Å². The quantitative estimate of drug-likeness (QED) is 0.548. The second-order valence-electron chi connectivity index (χ2n) is 7.44. The van der Waals surface area contributed by atoms with Crippen LogP contribution in [0.4, 0.5) is 5.69 Å². The van der Waals surface area contributed by atoms with Crippen molar-refractivity contribution < 1.29 is 4.74 Å². The smallest absolute Gasteiger partial charge is 0.174 e. The number of thiocarbonyl (C=S) groups is 1. The Labute approximate surface area is 187 Å². The van der Waals surface area contributed by atoms with Crippen molar-refractivity contribution in [2.75, 3.05) is 18.6 Å². The molecule has 2 aromatic heterocycles. The first-order chi connectivity index (χ1) is 14.5. The molecule has 1 saturated heterocycles. The largest absolute Gasteiger partial charge is 0.383 e. The van der Waals surface area contributed by atoms with Crippen molar-refractivity contribution in [3.8, 4) is 0 Å².